The molecule has 0 atom stereocenters. The van der Waals surface area contributed by atoms with E-state index in [0.717, 1.165) is 24.2 Å². The van der Waals surface area contributed by atoms with Crippen molar-refractivity contribution in [3.8, 4) is 0 Å². The van der Waals surface area contributed by atoms with Crippen molar-refractivity contribution in [2.24, 2.45) is 0 Å². The Labute approximate surface area is 161 Å². The lowest BCUT2D eigenvalue weighted by Gasteiger charge is -2.27. The summed E-state index contributed by atoms with van der Waals surface area (Å²) >= 11 is 12.0. The number of aryl methyl sites for hydroxylation is 1. The molecule has 136 valence electrons. The zero-order valence-electron chi connectivity index (χ0n) is 14.3. The molecule has 2 aromatic rings. The van der Waals surface area contributed by atoms with Gasteiger partial charge >= 0.3 is 0 Å². The first-order valence-electron chi connectivity index (χ1n) is 8.54. The van der Waals surface area contributed by atoms with Crippen LogP contribution in [0.5, 0.6) is 0 Å². The van der Waals surface area contributed by atoms with E-state index in [2.05, 4.69) is 5.10 Å². The van der Waals surface area contributed by atoms with Crippen molar-refractivity contribution in [2.75, 3.05) is 20.1 Å². The smallest absolute Gasteiger partial charge is 0.272 e. The Balaban J connectivity index is 1.65. The Morgan fingerprint density at radius 3 is 2.73 bits per heavy atom. The van der Waals surface area contributed by atoms with Gasteiger partial charge in [0.1, 0.15) is 5.69 Å². The molecule has 2 aliphatic rings. The van der Waals surface area contributed by atoms with Crippen molar-refractivity contribution in [3.63, 3.8) is 0 Å². The molecular weight excluding hydrogens is 375 g/mol. The second-order valence-corrected chi connectivity index (χ2v) is 7.50. The maximum atomic E-state index is 12.9. The highest BCUT2D eigenvalue weighted by molar-refractivity contribution is 6.42. The molecule has 0 fully saturated rings. The molecule has 26 heavy (non-hydrogen) atoms. The van der Waals surface area contributed by atoms with Crippen LogP contribution in [-0.4, -0.2) is 51.5 Å². The molecule has 4 rings (SSSR count). The Hall–Kier alpha value is -2.05. The van der Waals surface area contributed by atoms with E-state index < -0.39 is 0 Å². The van der Waals surface area contributed by atoms with Gasteiger partial charge in [0.05, 0.1) is 22.3 Å². The van der Waals surface area contributed by atoms with Crippen molar-refractivity contribution >= 4 is 35.0 Å². The molecule has 0 saturated carbocycles. The van der Waals surface area contributed by atoms with Crippen LogP contribution in [0.4, 0.5) is 0 Å². The normalized spacial score (nSPS) is 17.0. The van der Waals surface area contributed by atoms with Crippen LogP contribution < -0.4 is 0 Å². The summed E-state index contributed by atoms with van der Waals surface area (Å²) in [5.41, 5.74) is 2.89. The highest BCUT2D eigenvalue weighted by Crippen LogP contribution is 2.28. The Morgan fingerprint density at radius 2 is 1.96 bits per heavy atom. The summed E-state index contributed by atoms with van der Waals surface area (Å²) in [7, 11) is 1.80. The molecule has 0 bridgehead atoms. The molecular formula is C18H18Cl2N4O2. The minimum Gasteiger partial charge on any atom is -0.340 e. The number of carbonyl (C=O) groups is 2. The third-order valence-electron chi connectivity index (χ3n) is 4.97. The number of aromatic nitrogens is 2. The average Bonchev–Trinajstić information content (AvgIpc) is 2.93. The summed E-state index contributed by atoms with van der Waals surface area (Å²) in [4.78, 5) is 29.1. The summed E-state index contributed by atoms with van der Waals surface area (Å²) in [5.74, 6) is -0.149. The van der Waals surface area contributed by atoms with Crippen molar-refractivity contribution < 1.29 is 9.59 Å². The summed E-state index contributed by atoms with van der Waals surface area (Å²) in [5, 5.41) is 5.39. The van der Waals surface area contributed by atoms with Gasteiger partial charge in [0.25, 0.3) is 11.8 Å². The fraction of sp³-hybridized carbons (Fsp3) is 0.389. The zero-order chi connectivity index (χ0) is 18.4. The second-order valence-electron chi connectivity index (χ2n) is 6.68. The number of amides is 2. The minimum atomic E-state index is -0.122. The lowest BCUT2D eigenvalue weighted by Crippen LogP contribution is -2.37. The van der Waals surface area contributed by atoms with Crippen LogP contribution in [-0.2, 0) is 19.5 Å². The van der Waals surface area contributed by atoms with Crippen LogP contribution in [0.1, 0.15) is 38.5 Å². The number of benzene rings is 1. The molecule has 0 radical (unpaired) electrons. The quantitative estimate of drug-likeness (QED) is 0.749. The summed E-state index contributed by atoms with van der Waals surface area (Å²) in [6.45, 7) is 2.37. The molecule has 2 amide bonds. The van der Waals surface area contributed by atoms with E-state index in [1.807, 2.05) is 4.68 Å². The first kappa shape index (κ1) is 17.4. The highest BCUT2D eigenvalue weighted by atomic mass is 35.5. The van der Waals surface area contributed by atoms with Crippen LogP contribution in [0.2, 0.25) is 10.0 Å². The Kier molecular flexibility index (Phi) is 4.40. The van der Waals surface area contributed by atoms with Gasteiger partial charge < -0.3 is 9.80 Å². The summed E-state index contributed by atoms with van der Waals surface area (Å²) < 4.78 is 1.81. The molecule has 2 aliphatic heterocycles. The van der Waals surface area contributed by atoms with Gasteiger partial charge in [-0.15, -0.1) is 0 Å². The van der Waals surface area contributed by atoms with E-state index in [4.69, 9.17) is 23.2 Å². The fourth-order valence-corrected chi connectivity index (χ4v) is 3.85. The van der Waals surface area contributed by atoms with Gasteiger partial charge in [0.15, 0.2) is 0 Å². The number of rotatable bonds is 1. The zero-order valence-corrected chi connectivity index (χ0v) is 15.8. The lowest BCUT2D eigenvalue weighted by atomic mass is 10.0. The first-order chi connectivity index (χ1) is 12.5. The van der Waals surface area contributed by atoms with Crippen molar-refractivity contribution in [2.45, 2.75) is 25.9 Å². The fourth-order valence-electron chi connectivity index (χ4n) is 3.55. The van der Waals surface area contributed by atoms with Gasteiger partial charge in [-0.05, 0) is 24.6 Å². The van der Waals surface area contributed by atoms with Crippen molar-refractivity contribution in [1.29, 1.82) is 0 Å². The maximum absolute atomic E-state index is 12.9. The third kappa shape index (κ3) is 2.87. The number of hydrogen-bond acceptors (Lipinski definition) is 3. The number of nitrogens with zero attached hydrogens (tertiary/aromatic N) is 4. The number of carbonyl (C=O) groups excluding carboxylic acids is 2. The molecule has 6 nitrogen and oxygen atoms in total. The number of hydrogen-bond donors (Lipinski definition) is 0. The van der Waals surface area contributed by atoms with E-state index in [-0.39, 0.29) is 11.8 Å². The summed E-state index contributed by atoms with van der Waals surface area (Å²) in [6, 6.07) is 4.87. The number of halogens is 2. The molecule has 0 spiro atoms. The highest BCUT2D eigenvalue weighted by Gasteiger charge is 2.32. The van der Waals surface area contributed by atoms with Crippen LogP contribution in [0.3, 0.4) is 0 Å². The number of fused-ring (bicyclic) bond motifs is 3. The van der Waals surface area contributed by atoms with Gasteiger partial charge in [0.2, 0.25) is 0 Å². The second kappa shape index (κ2) is 6.59. The lowest BCUT2D eigenvalue weighted by molar-refractivity contribution is 0.0724. The van der Waals surface area contributed by atoms with E-state index in [9.17, 15) is 9.59 Å². The average molecular weight is 393 g/mol. The van der Waals surface area contributed by atoms with E-state index in [0.29, 0.717) is 47.4 Å². The molecule has 3 heterocycles. The van der Waals surface area contributed by atoms with Gasteiger partial charge in [-0.25, -0.2) is 0 Å². The third-order valence-corrected chi connectivity index (χ3v) is 5.71. The van der Waals surface area contributed by atoms with Gasteiger partial charge in [-0.3, -0.25) is 14.3 Å². The topological polar surface area (TPSA) is 58.4 Å². The first-order valence-corrected chi connectivity index (χ1v) is 9.29. The summed E-state index contributed by atoms with van der Waals surface area (Å²) in [6.07, 6.45) is 1.51. The SMILES string of the molecule is CN1CCCn2nc3c(c2C1=O)CN(C(=O)c1ccc(Cl)c(Cl)c1)CC3. The monoisotopic (exact) mass is 392 g/mol. The van der Waals surface area contributed by atoms with Crippen LogP contribution in [0.25, 0.3) is 0 Å². The molecule has 1 aromatic heterocycles. The minimum absolute atomic E-state index is 0.0277. The predicted octanol–water partition coefficient (Wildman–Crippen LogP) is 2.86. The van der Waals surface area contributed by atoms with Gasteiger partial charge in [-0.1, -0.05) is 23.2 Å². The molecule has 1 aromatic carbocycles. The molecule has 0 aliphatic carbocycles. The van der Waals surface area contributed by atoms with E-state index >= 15 is 0 Å². The van der Waals surface area contributed by atoms with Crippen molar-refractivity contribution in [3.05, 3.63) is 50.8 Å². The molecule has 0 saturated heterocycles. The largest absolute Gasteiger partial charge is 0.340 e. The predicted molar refractivity (Wildman–Crippen MR) is 98.7 cm³/mol. The van der Waals surface area contributed by atoms with Crippen LogP contribution in [0, 0.1) is 0 Å². The Morgan fingerprint density at radius 1 is 1.15 bits per heavy atom. The van der Waals surface area contributed by atoms with Crippen LogP contribution >= 0.6 is 23.2 Å². The Bertz CT molecular complexity index is 909. The maximum Gasteiger partial charge on any atom is 0.272 e. The van der Waals surface area contributed by atoms with E-state index in [1.54, 1.807) is 35.0 Å². The standard InChI is InChI=1S/C18H18Cl2N4O2/c1-22-6-2-7-24-16(18(22)26)12-10-23(8-5-15(12)21-24)17(25)11-3-4-13(19)14(20)9-11/h3-4,9H,2,5-8,10H2,1H3. The van der Waals surface area contributed by atoms with E-state index in [1.165, 1.54) is 0 Å². The molecule has 8 heteroatoms. The van der Waals surface area contributed by atoms with Gasteiger partial charge in [0, 0.05) is 44.2 Å². The van der Waals surface area contributed by atoms with Crippen LogP contribution in [0.15, 0.2) is 18.2 Å². The van der Waals surface area contributed by atoms with Gasteiger partial charge in [-0.2, -0.15) is 5.10 Å². The van der Waals surface area contributed by atoms with Crippen molar-refractivity contribution in [1.82, 2.24) is 19.6 Å². The molecule has 0 N–H and O–H groups in total. The molecule has 0 unspecified atom stereocenters.